The lowest BCUT2D eigenvalue weighted by atomic mass is 10.2. The third-order valence-electron chi connectivity index (χ3n) is 3.27. The van der Waals surface area contributed by atoms with Crippen molar-refractivity contribution in [1.82, 2.24) is 9.62 Å². The predicted octanol–water partition coefficient (Wildman–Crippen LogP) is 2.99. The second kappa shape index (κ2) is 7.37. The van der Waals surface area contributed by atoms with Gasteiger partial charge in [0.15, 0.2) is 0 Å². The molecule has 2 aromatic rings. The number of rotatable bonds is 6. The highest BCUT2D eigenvalue weighted by Crippen LogP contribution is 2.14. The molecule has 0 fully saturated rings. The number of halogens is 1. The van der Waals surface area contributed by atoms with E-state index in [0.29, 0.717) is 11.4 Å². The van der Waals surface area contributed by atoms with E-state index in [1.165, 1.54) is 24.0 Å². The summed E-state index contributed by atoms with van der Waals surface area (Å²) in [5.74, 6) is 0. The van der Waals surface area contributed by atoms with Crippen molar-refractivity contribution >= 4 is 26.0 Å². The number of hydrogen-bond donors (Lipinski definition) is 1. The van der Waals surface area contributed by atoms with Crippen LogP contribution in [0.1, 0.15) is 11.1 Å². The van der Waals surface area contributed by atoms with Crippen molar-refractivity contribution in [3.05, 3.63) is 64.1 Å². The molecule has 22 heavy (non-hydrogen) atoms. The van der Waals surface area contributed by atoms with Crippen LogP contribution in [0.4, 0.5) is 0 Å². The van der Waals surface area contributed by atoms with Crippen molar-refractivity contribution in [2.24, 2.45) is 0 Å². The lowest BCUT2D eigenvalue weighted by Gasteiger charge is -2.12. The minimum absolute atomic E-state index is 0.314. The van der Waals surface area contributed by atoms with Gasteiger partial charge < -0.3 is 5.32 Å². The van der Waals surface area contributed by atoms with Gasteiger partial charge in [0.05, 0.1) is 4.90 Å². The third kappa shape index (κ3) is 4.39. The summed E-state index contributed by atoms with van der Waals surface area (Å²) in [7, 11) is -0.291. The third-order valence-corrected chi connectivity index (χ3v) is 5.63. The molecule has 0 aliphatic rings. The fourth-order valence-electron chi connectivity index (χ4n) is 1.94. The van der Waals surface area contributed by atoms with Crippen LogP contribution in [0.25, 0.3) is 0 Å². The maximum Gasteiger partial charge on any atom is 0.242 e. The topological polar surface area (TPSA) is 49.4 Å². The van der Waals surface area contributed by atoms with Gasteiger partial charge in [0, 0.05) is 31.7 Å². The minimum Gasteiger partial charge on any atom is -0.309 e. The second-order valence-corrected chi connectivity index (χ2v) is 8.23. The first kappa shape index (κ1) is 17.1. The average Bonchev–Trinajstić information content (AvgIpc) is 2.49. The van der Waals surface area contributed by atoms with E-state index >= 15 is 0 Å². The Morgan fingerprint density at radius 3 is 1.82 bits per heavy atom. The maximum atomic E-state index is 12.0. The summed E-state index contributed by atoms with van der Waals surface area (Å²) >= 11 is 3.41. The first-order valence-electron chi connectivity index (χ1n) is 6.86. The van der Waals surface area contributed by atoms with Crippen molar-refractivity contribution < 1.29 is 8.42 Å². The molecule has 118 valence electrons. The van der Waals surface area contributed by atoms with Crippen LogP contribution in [-0.2, 0) is 23.1 Å². The average molecular weight is 383 g/mol. The lowest BCUT2D eigenvalue weighted by Crippen LogP contribution is -2.22. The smallest absolute Gasteiger partial charge is 0.242 e. The van der Waals surface area contributed by atoms with Gasteiger partial charge in [-0.1, -0.05) is 40.2 Å². The van der Waals surface area contributed by atoms with Crippen LogP contribution in [0.5, 0.6) is 0 Å². The quantitative estimate of drug-likeness (QED) is 0.835. The van der Waals surface area contributed by atoms with Gasteiger partial charge in [-0.25, -0.2) is 12.7 Å². The fourth-order valence-corrected chi connectivity index (χ4v) is 3.11. The van der Waals surface area contributed by atoms with E-state index in [4.69, 9.17) is 0 Å². The number of hydrogen-bond acceptors (Lipinski definition) is 3. The Balaban J connectivity index is 1.93. The largest absolute Gasteiger partial charge is 0.309 e. The van der Waals surface area contributed by atoms with Gasteiger partial charge in [0.1, 0.15) is 0 Å². The Hall–Kier alpha value is -1.21. The van der Waals surface area contributed by atoms with E-state index in [9.17, 15) is 8.42 Å². The summed E-state index contributed by atoms with van der Waals surface area (Å²) in [5, 5.41) is 3.34. The summed E-state index contributed by atoms with van der Waals surface area (Å²) < 4.78 is 26.2. The van der Waals surface area contributed by atoms with Crippen molar-refractivity contribution in [3.8, 4) is 0 Å². The van der Waals surface area contributed by atoms with Gasteiger partial charge in [-0.3, -0.25) is 0 Å². The van der Waals surface area contributed by atoms with Crippen LogP contribution >= 0.6 is 15.9 Å². The molecule has 1 N–H and O–H groups in total. The highest BCUT2D eigenvalue weighted by Gasteiger charge is 2.16. The van der Waals surface area contributed by atoms with Crippen LogP contribution in [0, 0.1) is 0 Å². The number of nitrogens with zero attached hydrogens (tertiary/aromatic N) is 1. The zero-order valence-electron chi connectivity index (χ0n) is 12.6. The first-order valence-corrected chi connectivity index (χ1v) is 9.09. The molecule has 0 atom stereocenters. The van der Waals surface area contributed by atoms with E-state index < -0.39 is 10.0 Å². The molecule has 0 aliphatic heterocycles. The van der Waals surface area contributed by atoms with Gasteiger partial charge in [-0.05, 0) is 35.4 Å². The molecule has 0 heterocycles. The summed E-state index contributed by atoms with van der Waals surface area (Å²) in [6.07, 6.45) is 0. The fraction of sp³-hybridized carbons (Fsp3) is 0.250. The second-order valence-electron chi connectivity index (χ2n) is 5.16. The van der Waals surface area contributed by atoms with Crippen molar-refractivity contribution in [2.75, 3.05) is 14.1 Å². The number of benzene rings is 2. The molecular formula is C16H19BrN2O2S. The van der Waals surface area contributed by atoms with Gasteiger partial charge in [0.25, 0.3) is 0 Å². The maximum absolute atomic E-state index is 12.0. The molecule has 2 aromatic carbocycles. The molecule has 4 nitrogen and oxygen atoms in total. The SMILES string of the molecule is CN(C)S(=O)(=O)c1ccc(CNCc2ccc(Br)cc2)cc1. The monoisotopic (exact) mass is 382 g/mol. The summed E-state index contributed by atoms with van der Waals surface area (Å²) in [6, 6.07) is 15.1. The normalized spacial score (nSPS) is 11.8. The van der Waals surface area contributed by atoms with Gasteiger partial charge in [0.2, 0.25) is 10.0 Å². The van der Waals surface area contributed by atoms with Crippen LogP contribution in [0.3, 0.4) is 0 Å². The summed E-state index contributed by atoms with van der Waals surface area (Å²) in [6.45, 7) is 1.46. The zero-order valence-corrected chi connectivity index (χ0v) is 15.0. The Morgan fingerprint density at radius 1 is 0.909 bits per heavy atom. The standard InChI is InChI=1S/C16H19BrN2O2S/c1-19(2)22(20,21)16-9-5-14(6-10-16)12-18-11-13-3-7-15(17)8-4-13/h3-10,18H,11-12H2,1-2H3. The number of nitrogens with one attached hydrogen (secondary N) is 1. The molecule has 0 aliphatic carbocycles. The highest BCUT2D eigenvalue weighted by molar-refractivity contribution is 9.10. The van der Waals surface area contributed by atoms with Gasteiger partial charge in [-0.2, -0.15) is 0 Å². The van der Waals surface area contributed by atoms with Gasteiger partial charge >= 0.3 is 0 Å². The first-order chi connectivity index (χ1) is 10.4. The summed E-state index contributed by atoms with van der Waals surface area (Å²) in [4.78, 5) is 0.314. The van der Waals surface area contributed by atoms with Crippen LogP contribution in [0.2, 0.25) is 0 Å². The molecule has 0 saturated heterocycles. The zero-order chi connectivity index (χ0) is 16.2. The van der Waals surface area contributed by atoms with Crippen LogP contribution < -0.4 is 5.32 Å². The van der Waals surface area contributed by atoms with Crippen molar-refractivity contribution in [2.45, 2.75) is 18.0 Å². The molecular weight excluding hydrogens is 364 g/mol. The minimum atomic E-state index is -3.35. The molecule has 0 spiro atoms. The Kier molecular flexibility index (Phi) is 5.74. The van der Waals surface area contributed by atoms with Crippen molar-refractivity contribution in [1.29, 1.82) is 0 Å². The molecule has 0 unspecified atom stereocenters. The predicted molar refractivity (Wildman–Crippen MR) is 92.0 cm³/mol. The molecule has 2 rings (SSSR count). The molecule has 0 amide bonds. The van der Waals surface area contributed by atoms with E-state index in [0.717, 1.165) is 16.6 Å². The molecule has 0 saturated carbocycles. The highest BCUT2D eigenvalue weighted by atomic mass is 79.9. The molecule has 0 bridgehead atoms. The van der Waals surface area contributed by atoms with E-state index in [1.807, 2.05) is 24.3 Å². The Morgan fingerprint density at radius 2 is 1.36 bits per heavy atom. The summed E-state index contributed by atoms with van der Waals surface area (Å²) in [5.41, 5.74) is 2.25. The van der Waals surface area contributed by atoms with E-state index in [2.05, 4.69) is 33.4 Å². The van der Waals surface area contributed by atoms with Gasteiger partial charge in [-0.15, -0.1) is 0 Å². The Labute approximate surface area is 140 Å². The van der Waals surface area contributed by atoms with E-state index in [-0.39, 0.29) is 0 Å². The molecule has 6 heteroatoms. The molecule has 0 radical (unpaired) electrons. The number of sulfonamides is 1. The van der Waals surface area contributed by atoms with Crippen molar-refractivity contribution in [3.63, 3.8) is 0 Å². The van der Waals surface area contributed by atoms with Crippen LogP contribution in [0.15, 0.2) is 57.9 Å². The van der Waals surface area contributed by atoms with Crippen LogP contribution in [-0.4, -0.2) is 26.8 Å². The lowest BCUT2D eigenvalue weighted by molar-refractivity contribution is 0.520. The van der Waals surface area contributed by atoms with E-state index in [1.54, 1.807) is 12.1 Å². The molecule has 0 aromatic heterocycles. The Bertz CT molecular complexity index is 711.